The van der Waals surface area contributed by atoms with Gasteiger partial charge in [-0.1, -0.05) is 0 Å². The molecule has 0 aliphatic rings. The van der Waals surface area contributed by atoms with Crippen LogP contribution in [-0.4, -0.2) is 10.5 Å². The van der Waals surface area contributed by atoms with Gasteiger partial charge < -0.3 is 9.88 Å². The molecule has 0 fully saturated rings. The van der Waals surface area contributed by atoms with E-state index in [2.05, 4.69) is 21.2 Å². The van der Waals surface area contributed by atoms with E-state index in [1.165, 1.54) is 35.0 Å². The Balaban J connectivity index is 2.28. The summed E-state index contributed by atoms with van der Waals surface area (Å²) in [5, 5.41) is 2.60. The highest BCUT2D eigenvalue weighted by Crippen LogP contribution is 2.19. The van der Waals surface area contributed by atoms with E-state index in [9.17, 15) is 14.0 Å². The maximum Gasteiger partial charge on any atom is 0.256 e. The Kier molecular flexibility index (Phi) is 3.80. The highest BCUT2D eigenvalue weighted by atomic mass is 79.9. The average molecular weight is 325 g/mol. The fraction of sp³-hybridized carbons (Fsp3) is 0.0769. The van der Waals surface area contributed by atoms with Crippen LogP contribution in [0.5, 0.6) is 0 Å². The molecule has 0 saturated carbocycles. The average Bonchev–Trinajstić information content (AvgIpc) is 2.36. The number of nitrogens with zero attached hydrogens (tertiary/aromatic N) is 1. The zero-order valence-electron chi connectivity index (χ0n) is 9.98. The van der Waals surface area contributed by atoms with Gasteiger partial charge in [-0.3, -0.25) is 9.59 Å². The van der Waals surface area contributed by atoms with E-state index in [1.807, 2.05) is 0 Å². The summed E-state index contributed by atoms with van der Waals surface area (Å²) in [6, 6.07) is 6.70. The topological polar surface area (TPSA) is 51.1 Å². The van der Waals surface area contributed by atoms with E-state index in [1.54, 1.807) is 7.05 Å². The number of halogens is 2. The van der Waals surface area contributed by atoms with Gasteiger partial charge in [-0.05, 0) is 40.2 Å². The van der Waals surface area contributed by atoms with E-state index >= 15 is 0 Å². The fourth-order valence-electron chi connectivity index (χ4n) is 1.54. The van der Waals surface area contributed by atoms with Crippen LogP contribution in [0.25, 0.3) is 0 Å². The molecule has 4 nitrogen and oxygen atoms in total. The van der Waals surface area contributed by atoms with Crippen molar-refractivity contribution in [2.24, 2.45) is 7.05 Å². The Morgan fingerprint density at radius 3 is 2.74 bits per heavy atom. The molecule has 98 valence electrons. The van der Waals surface area contributed by atoms with E-state index < -0.39 is 11.7 Å². The highest BCUT2D eigenvalue weighted by molar-refractivity contribution is 9.10. The molecule has 2 rings (SSSR count). The van der Waals surface area contributed by atoms with Gasteiger partial charge in [0.2, 0.25) is 5.56 Å². The number of hydrogen-bond acceptors (Lipinski definition) is 2. The van der Waals surface area contributed by atoms with Crippen molar-refractivity contribution in [3.8, 4) is 0 Å². The van der Waals surface area contributed by atoms with Crippen LogP contribution in [0.4, 0.5) is 10.1 Å². The summed E-state index contributed by atoms with van der Waals surface area (Å²) in [6.07, 6.45) is 1.49. The molecule has 1 aromatic carbocycles. The third-order valence-electron chi connectivity index (χ3n) is 2.52. The second-order valence-corrected chi connectivity index (χ2v) is 4.80. The number of pyridine rings is 1. The standard InChI is InChI=1S/C13H10BrFN2O2/c1-17-7-9(3-5-12(17)18)16-13(19)10-6-8(15)2-4-11(10)14/h2-7H,1H3,(H,16,19). The first-order valence-corrected chi connectivity index (χ1v) is 6.20. The number of carbonyl (C=O) groups excluding carboxylic acids is 1. The van der Waals surface area contributed by atoms with Crippen LogP contribution in [0.3, 0.4) is 0 Å². The molecule has 19 heavy (non-hydrogen) atoms. The second-order valence-electron chi connectivity index (χ2n) is 3.95. The Morgan fingerprint density at radius 2 is 2.05 bits per heavy atom. The van der Waals surface area contributed by atoms with E-state index in [0.29, 0.717) is 10.2 Å². The number of amides is 1. The molecular weight excluding hydrogens is 315 g/mol. The van der Waals surface area contributed by atoms with Gasteiger partial charge in [-0.25, -0.2) is 4.39 Å². The first-order chi connectivity index (χ1) is 8.97. The zero-order valence-corrected chi connectivity index (χ0v) is 11.6. The van der Waals surface area contributed by atoms with Crippen molar-refractivity contribution in [3.63, 3.8) is 0 Å². The molecule has 0 unspecified atom stereocenters. The molecule has 0 spiro atoms. The van der Waals surface area contributed by atoms with E-state index in [-0.39, 0.29) is 11.1 Å². The first-order valence-electron chi connectivity index (χ1n) is 5.40. The number of nitrogens with one attached hydrogen (secondary N) is 1. The minimum absolute atomic E-state index is 0.176. The van der Waals surface area contributed by atoms with Gasteiger partial charge >= 0.3 is 0 Å². The molecule has 6 heteroatoms. The zero-order chi connectivity index (χ0) is 14.0. The predicted octanol–water partition coefficient (Wildman–Crippen LogP) is 2.54. The predicted molar refractivity (Wildman–Crippen MR) is 73.7 cm³/mol. The summed E-state index contributed by atoms with van der Waals surface area (Å²) in [4.78, 5) is 23.2. The summed E-state index contributed by atoms with van der Waals surface area (Å²) >= 11 is 3.19. The maximum absolute atomic E-state index is 13.1. The van der Waals surface area contributed by atoms with Crippen molar-refractivity contribution >= 4 is 27.5 Å². The van der Waals surface area contributed by atoms with Crippen LogP contribution in [-0.2, 0) is 7.05 Å². The molecule has 1 N–H and O–H groups in total. The Hall–Kier alpha value is -1.95. The molecule has 0 bridgehead atoms. The smallest absolute Gasteiger partial charge is 0.256 e. The lowest BCUT2D eigenvalue weighted by atomic mass is 10.2. The molecule has 0 atom stereocenters. The number of hydrogen-bond donors (Lipinski definition) is 1. The molecule has 2 aromatic rings. The lowest BCUT2D eigenvalue weighted by Gasteiger charge is -2.08. The van der Waals surface area contributed by atoms with Crippen molar-refractivity contribution in [1.82, 2.24) is 4.57 Å². The van der Waals surface area contributed by atoms with Gasteiger partial charge in [-0.2, -0.15) is 0 Å². The van der Waals surface area contributed by atoms with Gasteiger partial charge in [0.15, 0.2) is 0 Å². The summed E-state index contributed by atoms with van der Waals surface area (Å²) in [5.74, 6) is -0.946. The summed E-state index contributed by atoms with van der Waals surface area (Å²) in [5.41, 5.74) is 0.474. The number of anilines is 1. The van der Waals surface area contributed by atoms with Crippen LogP contribution < -0.4 is 10.9 Å². The van der Waals surface area contributed by atoms with E-state index in [0.717, 1.165) is 6.07 Å². The van der Waals surface area contributed by atoms with Crippen LogP contribution in [0, 0.1) is 5.82 Å². The summed E-state index contributed by atoms with van der Waals surface area (Å²) in [7, 11) is 1.58. The van der Waals surface area contributed by atoms with Crippen molar-refractivity contribution in [2.75, 3.05) is 5.32 Å². The summed E-state index contributed by atoms with van der Waals surface area (Å²) < 4.78 is 15.0. The molecule has 0 aliphatic heterocycles. The summed E-state index contributed by atoms with van der Waals surface area (Å²) in [6.45, 7) is 0. The Labute approximate surface area is 117 Å². The molecule has 1 amide bonds. The SMILES string of the molecule is Cn1cc(NC(=O)c2cc(F)ccc2Br)ccc1=O. The lowest BCUT2D eigenvalue weighted by Crippen LogP contribution is -2.18. The minimum atomic E-state index is -0.492. The monoisotopic (exact) mass is 324 g/mol. The number of rotatable bonds is 2. The molecule has 1 aromatic heterocycles. The van der Waals surface area contributed by atoms with Gasteiger partial charge in [0.05, 0.1) is 11.3 Å². The van der Waals surface area contributed by atoms with Crippen molar-refractivity contribution in [2.45, 2.75) is 0 Å². The van der Waals surface area contributed by atoms with Gasteiger partial charge in [-0.15, -0.1) is 0 Å². The van der Waals surface area contributed by atoms with E-state index in [4.69, 9.17) is 0 Å². The van der Waals surface area contributed by atoms with Gasteiger partial charge in [0.1, 0.15) is 5.82 Å². The number of carbonyl (C=O) groups is 1. The second kappa shape index (κ2) is 5.36. The lowest BCUT2D eigenvalue weighted by molar-refractivity contribution is 0.102. The van der Waals surface area contributed by atoms with Gasteiger partial charge in [0, 0.05) is 23.8 Å². The highest BCUT2D eigenvalue weighted by Gasteiger charge is 2.11. The van der Waals surface area contributed by atoms with Crippen LogP contribution in [0.15, 0.2) is 45.8 Å². The molecule has 1 heterocycles. The third kappa shape index (κ3) is 3.08. The quantitative estimate of drug-likeness (QED) is 0.922. The molecule has 0 saturated heterocycles. The fourth-order valence-corrected chi connectivity index (χ4v) is 1.96. The van der Waals surface area contributed by atoms with Crippen molar-refractivity contribution in [1.29, 1.82) is 0 Å². The largest absolute Gasteiger partial charge is 0.321 e. The van der Waals surface area contributed by atoms with Crippen LogP contribution in [0.1, 0.15) is 10.4 Å². The number of aryl methyl sites for hydroxylation is 1. The molecule has 0 radical (unpaired) electrons. The normalized spacial score (nSPS) is 10.3. The maximum atomic E-state index is 13.1. The first kappa shape index (κ1) is 13.5. The van der Waals surface area contributed by atoms with Crippen molar-refractivity contribution in [3.05, 3.63) is 62.7 Å². The Morgan fingerprint density at radius 1 is 1.32 bits per heavy atom. The minimum Gasteiger partial charge on any atom is -0.321 e. The molecule has 0 aliphatic carbocycles. The molecular formula is C13H10BrFN2O2. The third-order valence-corrected chi connectivity index (χ3v) is 3.21. The number of aromatic nitrogens is 1. The Bertz CT molecular complexity index is 697. The van der Waals surface area contributed by atoms with Crippen molar-refractivity contribution < 1.29 is 9.18 Å². The van der Waals surface area contributed by atoms with Crippen LogP contribution >= 0.6 is 15.9 Å². The van der Waals surface area contributed by atoms with Crippen LogP contribution in [0.2, 0.25) is 0 Å². The van der Waals surface area contributed by atoms with Gasteiger partial charge in [0.25, 0.3) is 5.91 Å². The number of benzene rings is 1.